The minimum absolute atomic E-state index is 0.354. The zero-order valence-electron chi connectivity index (χ0n) is 17.2. The Balaban J connectivity index is 1.56. The normalized spacial score (nSPS) is 14.2. The first-order chi connectivity index (χ1) is 14.7. The number of anilines is 3. The minimum atomic E-state index is 0.354. The Labute approximate surface area is 175 Å². The fraction of sp³-hybridized carbons (Fsp3) is 0.364. The van der Waals surface area contributed by atoms with E-state index in [-0.39, 0.29) is 0 Å². The van der Waals surface area contributed by atoms with Gasteiger partial charge in [-0.05, 0) is 25.0 Å². The van der Waals surface area contributed by atoms with Crippen molar-refractivity contribution in [1.29, 1.82) is 5.26 Å². The summed E-state index contributed by atoms with van der Waals surface area (Å²) < 4.78 is 7.33. The van der Waals surface area contributed by atoms with Gasteiger partial charge in [-0.3, -0.25) is 4.68 Å². The lowest BCUT2D eigenvalue weighted by atomic mass is 9.95. The summed E-state index contributed by atoms with van der Waals surface area (Å²) in [5.41, 5.74) is 3.19. The molecule has 8 heteroatoms. The first-order valence-electron chi connectivity index (χ1n) is 10.1. The number of benzene rings is 1. The largest absolute Gasteiger partial charge is 0.496 e. The number of hydrogen-bond donors (Lipinski definition) is 2. The van der Waals surface area contributed by atoms with E-state index in [4.69, 9.17) is 4.74 Å². The zero-order chi connectivity index (χ0) is 20.9. The summed E-state index contributed by atoms with van der Waals surface area (Å²) in [6.45, 7) is 0. The molecule has 0 bridgehead atoms. The maximum absolute atomic E-state index is 9.42. The molecular formula is C22H25N7O. The number of hydrogen-bond acceptors (Lipinski definition) is 7. The molecule has 1 saturated carbocycles. The average Bonchev–Trinajstić information content (AvgIpc) is 3.20. The van der Waals surface area contributed by atoms with Gasteiger partial charge in [-0.2, -0.15) is 15.3 Å². The summed E-state index contributed by atoms with van der Waals surface area (Å²) in [6, 6.07) is 8.35. The topological polar surface area (TPSA) is 101 Å². The first kappa shape index (κ1) is 19.7. The van der Waals surface area contributed by atoms with Crippen molar-refractivity contribution in [1.82, 2.24) is 19.7 Å². The molecule has 0 aliphatic heterocycles. The molecular weight excluding hydrogens is 378 g/mol. The maximum Gasteiger partial charge on any atom is 0.229 e. The number of nitriles is 1. The molecule has 0 unspecified atom stereocenters. The van der Waals surface area contributed by atoms with Gasteiger partial charge in [-0.25, -0.2) is 4.98 Å². The van der Waals surface area contributed by atoms with E-state index in [2.05, 4.69) is 31.8 Å². The van der Waals surface area contributed by atoms with E-state index in [0.29, 0.717) is 23.4 Å². The molecule has 1 aliphatic carbocycles. The van der Waals surface area contributed by atoms with Gasteiger partial charge in [0, 0.05) is 42.2 Å². The number of aryl methyl sites for hydroxylation is 1. The highest BCUT2D eigenvalue weighted by Gasteiger charge is 2.17. The lowest BCUT2D eigenvalue weighted by Crippen LogP contribution is -2.23. The van der Waals surface area contributed by atoms with Crippen molar-refractivity contribution in [2.75, 3.05) is 17.7 Å². The highest BCUT2D eigenvalue weighted by Crippen LogP contribution is 2.33. The number of methoxy groups -OCH3 is 1. The van der Waals surface area contributed by atoms with Crippen LogP contribution >= 0.6 is 0 Å². The van der Waals surface area contributed by atoms with Crippen molar-refractivity contribution in [3.63, 3.8) is 0 Å². The second-order valence-corrected chi connectivity index (χ2v) is 7.49. The van der Waals surface area contributed by atoms with Crippen LogP contribution in [0.25, 0.3) is 11.1 Å². The van der Waals surface area contributed by atoms with Gasteiger partial charge >= 0.3 is 0 Å². The van der Waals surface area contributed by atoms with Gasteiger partial charge in [0.1, 0.15) is 23.2 Å². The van der Waals surface area contributed by atoms with Crippen molar-refractivity contribution < 1.29 is 4.74 Å². The molecule has 4 rings (SSSR count). The Morgan fingerprint density at radius 3 is 2.73 bits per heavy atom. The van der Waals surface area contributed by atoms with E-state index in [1.54, 1.807) is 24.2 Å². The highest BCUT2D eigenvalue weighted by atomic mass is 16.5. The van der Waals surface area contributed by atoms with Gasteiger partial charge in [0.25, 0.3) is 0 Å². The van der Waals surface area contributed by atoms with Crippen molar-refractivity contribution in [2.45, 2.75) is 38.1 Å². The van der Waals surface area contributed by atoms with Crippen LogP contribution in [0.3, 0.4) is 0 Å². The molecule has 2 heterocycles. The summed E-state index contributed by atoms with van der Waals surface area (Å²) in [5.74, 6) is 1.74. The molecule has 0 saturated heterocycles. The summed E-state index contributed by atoms with van der Waals surface area (Å²) in [5, 5.41) is 20.3. The maximum atomic E-state index is 9.42. The van der Waals surface area contributed by atoms with Gasteiger partial charge in [-0.1, -0.05) is 19.3 Å². The van der Waals surface area contributed by atoms with Crippen LogP contribution in [-0.4, -0.2) is 32.9 Å². The first-order valence-corrected chi connectivity index (χ1v) is 10.1. The number of rotatable bonds is 6. The molecule has 1 aromatic carbocycles. The summed E-state index contributed by atoms with van der Waals surface area (Å²) in [4.78, 5) is 8.86. The van der Waals surface area contributed by atoms with E-state index < -0.39 is 0 Å². The molecule has 0 radical (unpaired) electrons. The predicted octanol–water partition coefficient (Wildman–Crippen LogP) is 4.25. The molecule has 2 aromatic heterocycles. The van der Waals surface area contributed by atoms with Crippen LogP contribution in [0, 0.1) is 11.3 Å². The Kier molecular flexibility index (Phi) is 5.80. The van der Waals surface area contributed by atoms with E-state index in [1.165, 1.54) is 19.3 Å². The minimum Gasteiger partial charge on any atom is -0.496 e. The Bertz CT molecular complexity index is 1060. The lowest BCUT2D eigenvalue weighted by Gasteiger charge is -2.23. The van der Waals surface area contributed by atoms with Crippen LogP contribution in [0.2, 0.25) is 0 Å². The second kappa shape index (κ2) is 8.82. The smallest absolute Gasteiger partial charge is 0.229 e. The Hall–Kier alpha value is -3.60. The second-order valence-electron chi connectivity index (χ2n) is 7.49. The Morgan fingerprint density at radius 1 is 1.20 bits per heavy atom. The number of nitrogens with one attached hydrogen (secondary N) is 2. The van der Waals surface area contributed by atoms with Crippen molar-refractivity contribution in [3.05, 3.63) is 42.4 Å². The van der Waals surface area contributed by atoms with Gasteiger partial charge in [-0.15, -0.1) is 0 Å². The molecule has 0 spiro atoms. The average molecular weight is 403 g/mol. The number of nitrogens with zero attached hydrogens (tertiary/aromatic N) is 5. The van der Waals surface area contributed by atoms with Crippen LogP contribution in [0.5, 0.6) is 5.75 Å². The molecule has 154 valence electrons. The Morgan fingerprint density at radius 2 is 2.03 bits per heavy atom. The lowest BCUT2D eigenvalue weighted by molar-refractivity contribution is 0.416. The number of ether oxygens (including phenoxy) is 1. The molecule has 30 heavy (non-hydrogen) atoms. The fourth-order valence-corrected chi connectivity index (χ4v) is 3.77. The van der Waals surface area contributed by atoms with Gasteiger partial charge in [0.05, 0.1) is 19.5 Å². The van der Waals surface area contributed by atoms with E-state index in [9.17, 15) is 5.26 Å². The summed E-state index contributed by atoms with van der Waals surface area (Å²) >= 11 is 0. The predicted molar refractivity (Wildman–Crippen MR) is 116 cm³/mol. The SMILES string of the molecule is COc1cc(Nc2ncc(C#N)c(NC3CCCCC3)n2)ccc1-c1cnn(C)c1. The van der Waals surface area contributed by atoms with Crippen molar-refractivity contribution in [2.24, 2.45) is 7.05 Å². The quantitative estimate of drug-likeness (QED) is 0.634. The fourth-order valence-electron chi connectivity index (χ4n) is 3.77. The highest BCUT2D eigenvalue weighted by molar-refractivity contribution is 5.73. The number of aromatic nitrogens is 4. The van der Waals surface area contributed by atoms with E-state index in [0.717, 1.165) is 35.4 Å². The summed E-state index contributed by atoms with van der Waals surface area (Å²) in [6.07, 6.45) is 11.2. The molecule has 0 amide bonds. The van der Waals surface area contributed by atoms with Gasteiger partial charge in [0.2, 0.25) is 5.95 Å². The third-order valence-electron chi connectivity index (χ3n) is 5.33. The van der Waals surface area contributed by atoms with Crippen LogP contribution < -0.4 is 15.4 Å². The molecule has 1 fully saturated rings. The molecule has 3 aromatic rings. The van der Waals surface area contributed by atoms with Crippen LogP contribution in [0.1, 0.15) is 37.7 Å². The van der Waals surface area contributed by atoms with Crippen LogP contribution in [0.15, 0.2) is 36.8 Å². The van der Waals surface area contributed by atoms with Gasteiger partial charge < -0.3 is 15.4 Å². The zero-order valence-corrected chi connectivity index (χ0v) is 17.2. The van der Waals surface area contributed by atoms with E-state index in [1.807, 2.05) is 31.4 Å². The summed E-state index contributed by atoms with van der Waals surface area (Å²) in [7, 11) is 3.52. The molecule has 1 aliphatic rings. The van der Waals surface area contributed by atoms with E-state index >= 15 is 0 Å². The van der Waals surface area contributed by atoms with Crippen LogP contribution in [-0.2, 0) is 7.05 Å². The monoisotopic (exact) mass is 403 g/mol. The van der Waals surface area contributed by atoms with Gasteiger partial charge in [0.15, 0.2) is 0 Å². The molecule has 0 atom stereocenters. The van der Waals surface area contributed by atoms with Crippen molar-refractivity contribution in [3.8, 4) is 22.9 Å². The van der Waals surface area contributed by atoms with Crippen molar-refractivity contribution >= 4 is 17.5 Å². The van der Waals surface area contributed by atoms with Crippen LogP contribution in [0.4, 0.5) is 17.5 Å². The third kappa shape index (κ3) is 4.35. The molecule has 2 N–H and O–H groups in total. The standard InChI is InChI=1S/C22H25N7O/c1-29-14-16(13-25-29)19-9-8-18(10-20(19)30-2)27-22-24-12-15(11-23)21(28-22)26-17-6-4-3-5-7-17/h8-10,12-14,17H,3-7H2,1-2H3,(H2,24,26,27,28). The molecule has 8 nitrogen and oxygen atoms in total. The third-order valence-corrected chi connectivity index (χ3v) is 5.33.